The summed E-state index contributed by atoms with van der Waals surface area (Å²) in [5, 5.41) is 10.2. The molecule has 0 unspecified atom stereocenters. The van der Waals surface area contributed by atoms with Gasteiger partial charge in [-0.05, 0) is 27.7 Å². The summed E-state index contributed by atoms with van der Waals surface area (Å²) in [7, 11) is 3.37. The van der Waals surface area contributed by atoms with E-state index in [1.807, 2.05) is 20.8 Å². The van der Waals surface area contributed by atoms with Crippen molar-refractivity contribution >= 4 is 23.2 Å². The van der Waals surface area contributed by atoms with Crippen LogP contribution in [0.2, 0.25) is 0 Å². The highest BCUT2D eigenvalue weighted by atomic mass is 32.1. The Hall–Kier alpha value is -1.63. The summed E-state index contributed by atoms with van der Waals surface area (Å²) in [5.41, 5.74) is 0.616. The number of aromatic nitrogens is 1. The SMILES string of the molecule is CN=C(NCCc1nc(C)c(C)s1)NCC(C)(C)C(=O)NC. The Morgan fingerprint density at radius 3 is 2.50 bits per heavy atom. The second kappa shape index (κ2) is 8.12. The third-order valence-electron chi connectivity index (χ3n) is 3.47. The summed E-state index contributed by atoms with van der Waals surface area (Å²) in [6.45, 7) is 9.18. The number of aryl methyl sites for hydroxylation is 2. The van der Waals surface area contributed by atoms with Crippen LogP contribution < -0.4 is 16.0 Å². The molecule has 0 saturated carbocycles. The Balaban J connectivity index is 2.41. The minimum absolute atomic E-state index is 0.00388. The number of nitrogens with one attached hydrogen (secondary N) is 3. The monoisotopic (exact) mass is 325 g/mol. The molecule has 1 rings (SSSR count). The van der Waals surface area contributed by atoms with Gasteiger partial charge in [0, 0.05) is 38.5 Å². The van der Waals surface area contributed by atoms with Gasteiger partial charge in [-0.2, -0.15) is 0 Å². The van der Waals surface area contributed by atoms with Crippen LogP contribution in [0.4, 0.5) is 0 Å². The van der Waals surface area contributed by atoms with Crippen LogP contribution in [0.15, 0.2) is 4.99 Å². The highest BCUT2D eigenvalue weighted by Crippen LogP contribution is 2.16. The van der Waals surface area contributed by atoms with E-state index in [9.17, 15) is 4.79 Å². The fourth-order valence-corrected chi connectivity index (χ4v) is 2.81. The Labute approximate surface area is 136 Å². The first kappa shape index (κ1) is 18.4. The van der Waals surface area contributed by atoms with Crippen LogP contribution in [0.3, 0.4) is 0 Å². The van der Waals surface area contributed by atoms with Gasteiger partial charge < -0.3 is 16.0 Å². The smallest absolute Gasteiger partial charge is 0.227 e. The molecule has 0 aromatic carbocycles. The molecule has 0 radical (unpaired) electrons. The number of rotatable bonds is 6. The van der Waals surface area contributed by atoms with E-state index in [0.717, 1.165) is 23.7 Å². The molecule has 3 N–H and O–H groups in total. The van der Waals surface area contributed by atoms with Crippen LogP contribution in [-0.4, -0.2) is 44.0 Å². The predicted molar refractivity (Wildman–Crippen MR) is 92.5 cm³/mol. The fraction of sp³-hybridized carbons (Fsp3) is 0.667. The molecule has 124 valence electrons. The van der Waals surface area contributed by atoms with Gasteiger partial charge in [0.2, 0.25) is 5.91 Å². The van der Waals surface area contributed by atoms with Gasteiger partial charge in [0.25, 0.3) is 0 Å². The van der Waals surface area contributed by atoms with Gasteiger partial charge in [0.05, 0.1) is 16.1 Å². The van der Waals surface area contributed by atoms with E-state index in [2.05, 4.69) is 32.9 Å². The Morgan fingerprint density at radius 2 is 2.00 bits per heavy atom. The average molecular weight is 325 g/mol. The van der Waals surface area contributed by atoms with E-state index >= 15 is 0 Å². The van der Waals surface area contributed by atoms with Crippen LogP contribution in [-0.2, 0) is 11.2 Å². The fourth-order valence-electron chi connectivity index (χ4n) is 1.88. The lowest BCUT2D eigenvalue weighted by molar-refractivity contribution is -0.128. The maximum atomic E-state index is 11.7. The number of nitrogens with zero attached hydrogens (tertiary/aromatic N) is 2. The Kier molecular flexibility index (Phi) is 6.80. The Morgan fingerprint density at radius 1 is 1.32 bits per heavy atom. The third-order valence-corrected chi connectivity index (χ3v) is 4.60. The number of carbonyl (C=O) groups excluding carboxylic acids is 1. The van der Waals surface area contributed by atoms with Gasteiger partial charge in [-0.25, -0.2) is 4.98 Å². The van der Waals surface area contributed by atoms with Gasteiger partial charge in [-0.1, -0.05) is 0 Å². The molecule has 0 aliphatic carbocycles. The largest absolute Gasteiger partial charge is 0.359 e. The standard InChI is InChI=1S/C15H27N5OS/c1-10-11(2)22-12(20-10)7-8-18-14(17-6)19-9-15(3,4)13(21)16-5/h7-9H2,1-6H3,(H,16,21)(H2,17,18,19). The number of guanidine groups is 1. The summed E-state index contributed by atoms with van der Waals surface area (Å²) in [6, 6.07) is 0. The molecule has 1 aromatic rings. The molecular formula is C15H27N5OS. The summed E-state index contributed by atoms with van der Waals surface area (Å²) < 4.78 is 0. The number of amides is 1. The first-order valence-electron chi connectivity index (χ1n) is 7.39. The summed E-state index contributed by atoms with van der Waals surface area (Å²) >= 11 is 1.73. The molecule has 0 bridgehead atoms. The topological polar surface area (TPSA) is 78.4 Å². The third kappa shape index (κ3) is 5.29. The number of thiazole rings is 1. The number of aliphatic imine (C=N–C) groups is 1. The lowest BCUT2D eigenvalue weighted by Gasteiger charge is -2.24. The van der Waals surface area contributed by atoms with Crippen molar-refractivity contribution in [3.05, 3.63) is 15.6 Å². The molecule has 0 aliphatic rings. The van der Waals surface area contributed by atoms with Gasteiger partial charge in [-0.3, -0.25) is 9.79 Å². The van der Waals surface area contributed by atoms with Crippen molar-refractivity contribution in [2.45, 2.75) is 34.1 Å². The molecule has 0 aliphatic heterocycles. The van der Waals surface area contributed by atoms with Crippen LogP contribution >= 0.6 is 11.3 Å². The minimum atomic E-state index is -0.490. The molecule has 1 heterocycles. The second-order valence-electron chi connectivity index (χ2n) is 5.81. The summed E-state index contributed by atoms with van der Waals surface area (Å²) in [5.74, 6) is 0.700. The van der Waals surface area contributed by atoms with Gasteiger partial charge in [-0.15, -0.1) is 11.3 Å². The number of hydrogen-bond donors (Lipinski definition) is 3. The molecule has 0 spiro atoms. The maximum absolute atomic E-state index is 11.7. The molecular weight excluding hydrogens is 298 g/mol. The van der Waals surface area contributed by atoms with E-state index in [0.29, 0.717) is 12.5 Å². The Bertz CT molecular complexity index is 517. The van der Waals surface area contributed by atoms with Crippen LogP contribution in [0, 0.1) is 19.3 Å². The second-order valence-corrected chi connectivity index (χ2v) is 7.10. The molecule has 6 nitrogen and oxygen atoms in total. The quantitative estimate of drug-likeness (QED) is 0.543. The van der Waals surface area contributed by atoms with Crippen molar-refractivity contribution in [3.63, 3.8) is 0 Å². The van der Waals surface area contributed by atoms with E-state index in [1.165, 1.54) is 4.88 Å². The zero-order chi connectivity index (χ0) is 16.8. The molecule has 0 saturated heterocycles. The molecule has 1 aromatic heterocycles. The lowest BCUT2D eigenvalue weighted by Crippen LogP contribution is -2.47. The molecule has 0 fully saturated rings. The van der Waals surface area contributed by atoms with Crippen molar-refractivity contribution in [1.82, 2.24) is 20.9 Å². The zero-order valence-electron chi connectivity index (χ0n) is 14.3. The van der Waals surface area contributed by atoms with E-state index in [-0.39, 0.29) is 5.91 Å². The minimum Gasteiger partial charge on any atom is -0.359 e. The van der Waals surface area contributed by atoms with Crippen molar-refractivity contribution < 1.29 is 4.79 Å². The first-order chi connectivity index (χ1) is 10.3. The van der Waals surface area contributed by atoms with Crippen LogP contribution in [0.5, 0.6) is 0 Å². The summed E-state index contributed by atoms with van der Waals surface area (Å²) in [6.07, 6.45) is 0.860. The van der Waals surface area contributed by atoms with Crippen molar-refractivity contribution in [3.8, 4) is 0 Å². The average Bonchev–Trinajstić information content (AvgIpc) is 2.80. The van der Waals surface area contributed by atoms with E-state index in [4.69, 9.17) is 0 Å². The first-order valence-corrected chi connectivity index (χ1v) is 8.21. The molecule has 0 atom stereocenters. The van der Waals surface area contributed by atoms with Crippen molar-refractivity contribution in [2.75, 3.05) is 27.2 Å². The molecule has 22 heavy (non-hydrogen) atoms. The highest BCUT2D eigenvalue weighted by molar-refractivity contribution is 7.11. The molecule has 7 heteroatoms. The van der Waals surface area contributed by atoms with Crippen molar-refractivity contribution in [2.24, 2.45) is 10.4 Å². The predicted octanol–water partition coefficient (Wildman–Crippen LogP) is 1.24. The summed E-state index contributed by atoms with van der Waals surface area (Å²) in [4.78, 5) is 21.7. The molecule has 1 amide bonds. The van der Waals surface area contributed by atoms with Gasteiger partial charge in [0.15, 0.2) is 5.96 Å². The highest BCUT2D eigenvalue weighted by Gasteiger charge is 2.26. The van der Waals surface area contributed by atoms with E-state index in [1.54, 1.807) is 25.4 Å². The van der Waals surface area contributed by atoms with Gasteiger partial charge in [0.1, 0.15) is 0 Å². The zero-order valence-corrected chi connectivity index (χ0v) is 15.1. The number of hydrogen-bond acceptors (Lipinski definition) is 4. The normalized spacial score (nSPS) is 12.2. The lowest BCUT2D eigenvalue weighted by atomic mass is 9.92. The van der Waals surface area contributed by atoms with Crippen molar-refractivity contribution in [1.29, 1.82) is 0 Å². The number of carbonyl (C=O) groups is 1. The van der Waals surface area contributed by atoms with E-state index < -0.39 is 5.41 Å². The van der Waals surface area contributed by atoms with Crippen LogP contribution in [0.25, 0.3) is 0 Å². The maximum Gasteiger partial charge on any atom is 0.227 e. The van der Waals surface area contributed by atoms with Gasteiger partial charge >= 0.3 is 0 Å². The van der Waals surface area contributed by atoms with Crippen LogP contribution in [0.1, 0.15) is 29.4 Å².